The summed E-state index contributed by atoms with van der Waals surface area (Å²) >= 11 is 0. The van der Waals surface area contributed by atoms with Gasteiger partial charge < -0.3 is 19.8 Å². The van der Waals surface area contributed by atoms with Crippen LogP contribution in [-0.4, -0.2) is 35.5 Å². The van der Waals surface area contributed by atoms with E-state index >= 15 is 0 Å². The van der Waals surface area contributed by atoms with Crippen molar-refractivity contribution in [1.82, 2.24) is 9.88 Å². The molecule has 0 radical (unpaired) electrons. The van der Waals surface area contributed by atoms with Crippen LogP contribution >= 0.6 is 0 Å². The molecule has 0 fully saturated rings. The minimum atomic E-state index is -0.857. The standard InChI is InChI=1S/C24H24N4O5/c1-15(2)13-26-22(30)17-8-4-5-9-19(17)27-20(29)14-32-24(31)21-16(3)33-23(18(21)12-25)28-10-6-7-11-28/h4-11,15H,13-14H2,1-3H3,(H,26,30)(H,27,29). The Morgan fingerprint density at radius 2 is 1.85 bits per heavy atom. The van der Waals surface area contributed by atoms with Gasteiger partial charge >= 0.3 is 5.97 Å². The Hall–Kier alpha value is -4.32. The molecule has 0 saturated heterocycles. The zero-order chi connectivity index (χ0) is 24.0. The molecule has 2 N–H and O–H groups in total. The molecule has 170 valence electrons. The summed E-state index contributed by atoms with van der Waals surface area (Å²) in [6.45, 7) is 5.38. The van der Waals surface area contributed by atoms with Crippen molar-refractivity contribution in [2.75, 3.05) is 18.5 Å². The van der Waals surface area contributed by atoms with E-state index in [2.05, 4.69) is 10.6 Å². The monoisotopic (exact) mass is 448 g/mol. The second-order valence-electron chi connectivity index (χ2n) is 7.69. The van der Waals surface area contributed by atoms with Crippen LogP contribution in [0, 0.1) is 24.2 Å². The van der Waals surface area contributed by atoms with Crippen LogP contribution in [0.5, 0.6) is 0 Å². The number of furan rings is 1. The SMILES string of the molecule is Cc1oc(-n2cccc2)c(C#N)c1C(=O)OCC(=O)Nc1ccccc1C(=O)NCC(C)C. The van der Waals surface area contributed by atoms with Gasteiger partial charge in [0.2, 0.25) is 5.88 Å². The van der Waals surface area contributed by atoms with Crippen LogP contribution in [0.15, 0.2) is 53.2 Å². The average Bonchev–Trinajstić information content (AvgIpc) is 3.43. The third-order valence-electron chi connectivity index (χ3n) is 4.67. The summed E-state index contributed by atoms with van der Waals surface area (Å²) in [5, 5.41) is 14.9. The summed E-state index contributed by atoms with van der Waals surface area (Å²) in [7, 11) is 0. The summed E-state index contributed by atoms with van der Waals surface area (Å²) in [6, 6.07) is 12.0. The predicted octanol–water partition coefficient (Wildman–Crippen LogP) is 3.43. The lowest BCUT2D eigenvalue weighted by molar-refractivity contribution is -0.119. The van der Waals surface area contributed by atoms with Gasteiger partial charge in [-0.25, -0.2) is 4.79 Å². The number of carbonyl (C=O) groups excluding carboxylic acids is 3. The zero-order valence-corrected chi connectivity index (χ0v) is 18.5. The van der Waals surface area contributed by atoms with Gasteiger partial charge in [0.25, 0.3) is 11.8 Å². The van der Waals surface area contributed by atoms with E-state index in [9.17, 15) is 19.6 Å². The summed E-state index contributed by atoms with van der Waals surface area (Å²) in [4.78, 5) is 37.4. The second kappa shape index (κ2) is 10.3. The normalized spacial score (nSPS) is 10.5. The maximum absolute atomic E-state index is 12.6. The highest BCUT2D eigenvalue weighted by Crippen LogP contribution is 2.26. The molecule has 0 atom stereocenters. The quantitative estimate of drug-likeness (QED) is 0.509. The number of para-hydroxylation sites is 1. The number of benzene rings is 1. The van der Waals surface area contributed by atoms with Crippen molar-refractivity contribution in [3.05, 3.63) is 71.2 Å². The average molecular weight is 448 g/mol. The molecule has 9 heteroatoms. The number of rotatable bonds is 8. The number of aromatic nitrogens is 1. The first-order chi connectivity index (χ1) is 15.8. The number of carbonyl (C=O) groups is 3. The van der Waals surface area contributed by atoms with Crippen LogP contribution in [0.1, 0.15) is 45.9 Å². The van der Waals surface area contributed by atoms with Crippen LogP contribution in [0.25, 0.3) is 5.88 Å². The third kappa shape index (κ3) is 5.49. The number of hydrogen-bond acceptors (Lipinski definition) is 6. The molecule has 3 aromatic rings. The van der Waals surface area contributed by atoms with Gasteiger partial charge in [0.1, 0.15) is 23.0 Å². The predicted molar refractivity (Wildman–Crippen MR) is 120 cm³/mol. The maximum Gasteiger partial charge on any atom is 0.343 e. The summed E-state index contributed by atoms with van der Waals surface area (Å²) in [5.74, 6) is -1.13. The van der Waals surface area contributed by atoms with Crippen molar-refractivity contribution in [1.29, 1.82) is 5.26 Å². The molecule has 2 heterocycles. The molecule has 0 unspecified atom stereocenters. The molecule has 2 aromatic heterocycles. The lowest BCUT2D eigenvalue weighted by Gasteiger charge is -2.12. The number of ether oxygens (including phenoxy) is 1. The first-order valence-electron chi connectivity index (χ1n) is 10.3. The number of nitrogens with one attached hydrogen (secondary N) is 2. The van der Waals surface area contributed by atoms with Gasteiger partial charge in [-0.1, -0.05) is 26.0 Å². The molecule has 0 bridgehead atoms. The number of aryl methyl sites for hydroxylation is 1. The van der Waals surface area contributed by atoms with Gasteiger partial charge in [0, 0.05) is 18.9 Å². The van der Waals surface area contributed by atoms with Gasteiger partial charge in [-0.05, 0) is 37.1 Å². The first kappa shape index (κ1) is 23.3. The molecule has 0 spiro atoms. The smallest absolute Gasteiger partial charge is 0.343 e. The Bertz CT molecular complexity index is 1200. The van der Waals surface area contributed by atoms with Gasteiger partial charge in [0.15, 0.2) is 6.61 Å². The van der Waals surface area contributed by atoms with Crippen molar-refractivity contribution < 1.29 is 23.5 Å². The van der Waals surface area contributed by atoms with E-state index in [1.807, 2.05) is 19.9 Å². The molecule has 0 aliphatic carbocycles. The van der Waals surface area contributed by atoms with Gasteiger partial charge in [-0.3, -0.25) is 14.2 Å². The van der Waals surface area contributed by atoms with Crippen molar-refractivity contribution in [2.24, 2.45) is 5.92 Å². The van der Waals surface area contributed by atoms with E-state index in [-0.39, 0.29) is 34.6 Å². The number of amides is 2. The molecule has 3 rings (SSSR count). The number of hydrogen-bond donors (Lipinski definition) is 2. The number of anilines is 1. The third-order valence-corrected chi connectivity index (χ3v) is 4.67. The fraction of sp³-hybridized carbons (Fsp3) is 0.250. The summed E-state index contributed by atoms with van der Waals surface area (Å²) in [6.07, 6.45) is 3.35. The van der Waals surface area contributed by atoms with E-state index in [0.717, 1.165) is 0 Å². The van der Waals surface area contributed by atoms with E-state index in [0.29, 0.717) is 17.8 Å². The Balaban J connectivity index is 1.68. The van der Waals surface area contributed by atoms with Crippen LogP contribution < -0.4 is 10.6 Å². The lowest BCUT2D eigenvalue weighted by Crippen LogP contribution is -2.29. The minimum absolute atomic E-state index is 0.0151. The van der Waals surface area contributed by atoms with Crippen LogP contribution in [0.4, 0.5) is 5.69 Å². The topological polar surface area (TPSA) is 126 Å². The maximum atomic E-state index is 12.6. The zero-order valence-electron chi connectivity index (χ0n) is 18.5. The highest BCUT2D eigenvalue weighted by Gasteiger charge is 2.26. The minimum Gasteiger partial charge on any atom is -0.452 e. The highest BCUT2D eigenvalue weighted by atomic mass is 16.5. The number of esters is 1. The molecule has 2 amide bonds. The second-order valence-corrected chi connectivity index (χ2v) is 7.69. The van der Waals surface area contributed by atoms with E-state index in [1.54, 1.807) is 53.4 Å². The van der Waals surface area contributed by atoms with Gasteiger partial charge in [0.05, 0.1) is 11.3 Å². The highest BCUT2D eigenvalue weighted by molar-refractivity contribution is 6.04. The molecule has 0 saturated carbocycles. The van der Waals surface area contributed by atoms with E-state index in [4.69, 9.17) is 9.15 Å². The van der Waals surface area contributed by atoms with Crippen molar-refractivity contribution in [2.45, 2.75) is 20.8 Å². The molecular weight excluding hydrogens is 424 g/mol. The van der Waals surface area contributed by atoms with Crippen molar-refractivity contribution in [3.63, 3.8) is 0 Å². The Labute approximate surface area is 190 Å². The van der Waals surface area contributed by atoms with Crippen LogP contribution in [0.3, 0.4) is 0 Å². The molecule has 9 nitrogen and oxygen atoms in total. The first-order valence-corrected chi connectivity index (χ1v) is 10.3. The summed E-state index contributed by atoms with van der Waals surface area (Å²) in [5.41, 5.74) is 0.572. The fourth-order valence-electron chi connectivity index (χ4n) is 3.10. The molecule has 0 aliphatic heterocycles. The van der Waals surface area contributed by atoms with Gasteiger partial charge in [-0.2, -0.15) is 5.26 Å². The van der Waals surface area contributed by atoms with Crippen LogP contribution in [-0.2, 0) is 9.53 Å². The largest absolute Gasteiger partial charge is 0.452 e. The Kier molecular flexibility index (Phi) is 7.31. The molecular formula is C24H24N4O5. The summed E-state index contributed by atoms with van der Waals surface area (Å²) < 4.78 is 12.3. The molecule has 33 heavy (non-hydrogen) atoms. The molecule has 1 aromatic carbocycles. The number of nitrogens with zero attached hydrogens (tertiary/aromatic N) is 2. The Morgan fingerprint density at radius 3 is 2.52 bits per heavy atom. The number of nitriles is 1. The molecule has 0 aliphatic rings. The van der Waals surface area contributed by atoms with E-state index in [1.165, 1.54) is 6.92 Å². The van der Waals surface area contributed by atoms with Gasteiger partial charge in [-0.15, -0.1) is 0 Å². The van der Waals surface area contributed by atoms with E-state index < -0.39 is 18.5 Å². The van der Waals surface area contributed by atoms with Crippen LogP contribution in [0.2, 0.25) is 0 Å². The lowest BCUT2D eigenvalue weighted by atomic mass is 10.1. The fourth-order valence-corrected chi connectivity index (χ4v) is 3.10. The van der Waals surface area contributed by atoms with Crippen molar-refractivity contribution in [3.8, 4) is 12.0 Å². The van der Waals surface area contributed by atoms with Crippen molar-refractivity contribution >= 4 is 23.5 Å². The Morgan fingerprint density at radius 1 is 1.15 bits per heavy atom.